The topological polar surface area (TPSA) is 61.4 Å². The molecule has 1 aliphatic rings. The molecule has 2 rings (SSSR count). The van der Waals surface area contributed by atoms with Crippen LogP contribution in [-0.4, -0.2) is 30.2 Å². The summed E-state index contributed by atoms with van der Waals surface area (Å²) in [4.78, 5) is 12.0. The summed E-state index contributed by atoms with van der Waals surface area (Å²) in [6, 6.07) is 8.15. The van der Waals surface area contributed by atoms with Gasteiger partial charge < -0.3 is 15.7 Å². The number of anilines is 1. The van der Waals surface area contributed by atoms with Gasteiger partial charge in [-0.1, -0.05) is 31.0 Å². The summed E-state index contributed by atoms with van der Waals surface area (Å²) < 4.78 is 0. The molecule has 116 valence electrons. The molecular weight excluding hydrogens is 264 g/mol. The smallest absolute Gasteiger partial charge is 0.225 e. The lowest BCUT2D eigenvalue weighted by Gasteiger charge is -2.31. The quantitative estimate of drug-likeness (QED) is 0.754. The molecule has 4 nitrogen and oxygen atoms in total. The minimum Gasteiger partial charge on any atom is -0.396 e. The van der Waals surface area contributed by atoms with Crippen molar-refractivity contribution in [3.05, 3.63) is 29.8 Å². The van der Waals surface area contributed by atoms with E-state index in [0.717, 1.165) is 24.1 Å². The van der Waals surface area contributed by atoms with Crippen LogP contribution in [0.25, 0.3) is 0 Å². The molecule has 1 aliphatic carbocycles. The third-order valence-corrected chi connectivity index (χ3v) is 4.32. The fraction of sp³-hybridized carbons (Fsp3) is 0.588. The van der Waals surface area contributed by atoms with E-state index in [1.165, 1.54) is 12.8 Å². The minimum absolute atomic E-state index is 0.0353. The van der Waals surface area contributed by atoms with Gasteiger partial charge in [0.2, 0.25) is 5.91 Å². The Morgan fingerprint density at radius 1 is 1.29 bits per heavy atom. The third-order valence-electron chi connectivity index (χ3n) is 4.32. The SMILES string of the molecule is Cc1ccccc1NC(=O)CCN[C@@H]1CCCC[C@H]1CO. The largest absolute Gasteiger partial charge is 0.396 e. The van der Waals surface area contributed by atoms with Gasteiger partial charge in [0.05, 0.1) is 0 Å². The van der Waals surface area contributed by atoms with Crippen molar-refractivity contribution in [3.63, 3.8) is 0 Å². The molecule has 0 heterocycles. The molecule has 0 unspecified atom stereocenters. The van der Waals surface area contributed by atoms with Gasteiger partial charge in [-0.15, -0.1) is 0 Å². The van der Waals surface area contributed by atoms with Crippen LogP contribution >= 0.6 is 0 Å². The monoisotopic (exact) mass is 290 g/mol. The predicted molar refractivity (Wildman–Crippen MR) is 85.3 cm³/mol. The molecule has 1 amide bonds. The molecule has 1 aromatic carbocycles. The number of benzene rings is 1. The van der Waals surface area contributed by atoms with E-state index in [1.54, 1.807) is 0 Å². The molecule has 0 bridgehead atoms. The maximum Gasteiger partial charge on any atom is 0.225 e. The van der Waals surface area contributed by atoms with Crippen LogP contribution in [0.5, 0.6) is 0 Å². The number of hydrogen-bond acceptors (Lipinski definition) is 3. The van der Waals surface area contributed by atoms with E-state index in [1.807, 2.05) is 31.2 Å². The van der Waals surface area contributed by atoms with Gasteiger partial charge in [-0.05, 0) is 37.3 Å². The van der Waals surface area contributed by atoms with Gasteiger partial charge in [-0.2, -0.15) is 0 Å². The molecule has 3 N–H and O–H groups in total. The Balaban J connectivity index is 1.73. The fourth-order valence-corrected chi connectivity index (χ4v) is 2.99. The van der Waals surface area contributed by atoms with Crippen LogP contribution in [0, 0.1) is 12.8 Å². The maximum atomic E-state index is 12.0. The lowest BCUT2D eigenvalue weighted by atomic mass is 9.85. The Kier molecular flexibility index (Phi) is 6.21. The lowest BCUT2D eigenvalue weighted by molar-refractivity contribution is -0.116. The standard InChI is InChI=1S/C17H26N2O2/c1-13-6-2-4-8-15(13)19-17(21)10-11-18-16-9-5-3-7-14(16)12-20/h2,4,6,8,14,16,18,20H,3,5,7,9-12H2,1H3,(H,19,21)/t14-,16+/m0/s1. The number of carbonyl (C=O) groups excluding carboxylic acids is 1. The van der Waals surface area contributed by atoms with Gasteiger partial charge in [0.15, 0.2) is 0 Å². The first-order valence-corrected chi connectivity index (χ1v) is 7.90. The molecule has 0 spiro atoms. The Labute approximate surface area is 126 Å². The minimum atomic E-state index is 0.0353. The second-order valence-electron chi connectivity index (χ2n) is 5.90. The number of hydrogen-bond donors (Lipinski definition) is 3. The zero-order chi connectivity index (χ0) is 15.1. The molecule has 4 heteroatoms. The lowest BCUT2D eigenvalue weighted by Crippen LogP contribution is -2.41. The van der Waals surface area contributed by atoms with Gasteiger partial charge in [-0.3, -0.25) is 4.79 Å². The molecule has 0 aromatic heterocycles. The summed E-state index contributed by atoms with van der Waals surface area (Å²) in [6.45, 7) is 2.90. The first-order chi connectivity index (χ1) is 10.2. The first kappa shape index (κ1) is 16.0. The van der Waals surface area contributed by atoms with Crippen LogP contribution in [0.4, 0.5) is 5.69 Å². The van der Waals surface area contributed by atoms with Crippen LogP contribution in [0.1, 0.15) is 37.7 Å². The zero-order valence-corrected chi connectivity index (χ0v) is 12.8. The molecule has 21 heavy (non-hydrogen) atoms. The summed E-state index contributed by atoms with van der Waals surface area (Å²) in [5.41, 5.74) is 1.96. The van der Waals surface area contributed by atoms with E-state index >= 15 is 0 Å². The number of nitrogens with one attached hydrogen (secondary N) is 2. The second kappa shape index (κ2) is 8.15. The summed E-state index contributed by atoms with van der Waals surface area (Å²) in [6.07, 6.45) is 5.07. The fourth-order valence-electron chi connectivity index (χ4n) is 2.99. The molecule has 0 saturated heterocycles. The second-order valence-corrected chi connectivity index (χ2v) is 5.90. The van der Waals surface area contributed by atoms with Crippen LogP contribution < -0.4 is 10.6 Å². The van der Waals surface area contributed by atoms with E-state index in [0.29, 0.717) is 24.9 Å². The Morgan fingerprint density at radius 2 is 2.05 bits per heavy atom. The Bertz CT molecular complexity index is 462. The van der Waals surface area contributed by atoms with Crippen molar-refractivity contribution >= 4 is 11.6 Å². The normalized spacial score (nSPS) is 22.0. The van der Waals surface area contributed by atoms with Gasteiger partial charge in [0.1, 0.15) is 0 Å². The van der Waals surface area contributed by atoms with Crippen molar-refractivity contribution in [2.24, 2.45) is 5.92 Å². The van der Waals surface area contributed by atoms with E-state index in [-0.39, 0.29) is 12.5 Å². The number of aryl methyl sites for hydroxylation is 1. The van der Waals surface area contributed by atoms with E-state index in [9.17, 15) is 9.90 Å². The van der Waals surface area contributed by atoms with Crippen LogP contribution in [-0.2, 0) is 4.79 Å². The Morgan fingerprint density at radius 3 is 2.81 bits per heavy atom. The van der Waals surface area contributed by atoms with Crippen LogP contribution in [0.2, 0.25) is 0 Å². The molecule has 1 aromatic rings. The van der Waals surface area contributed by atoms with Crippen LogP contribution in [0.15, 0.2) is 24.3 Å². The van der Waals surface area contributed by atoms with Crippen molar-refractivity contribution in [1.82, 2.24) is 5.32 Å². The molecule has 2 atom stereocenters. The highest BCUT2D eigenvalue weighted by Gasteiger charge is 2.23. The highest BCUT2D eigenvalue weighted by molar-refractivity contribution is 5.91. The number of amides is 1. The summed E-state index contributed by atoms with van der Waals surface area (Å²) in [5.74, 6) is 0.381. The summed E-state index contributed by atoms with van der Waals surface area (Å²) >= 11 is 0. The zero-order valence-electron chi connectivity index (χ0n) is 12.8. The summed E-state index contributed by atoms with van der Waals surface area (Å²) in [7, 11) is 0. The van der Waals surface area contributed by atoms with Crippen molar-refractivity contribution in [3.8, 4) is 0 Å². The highest BCUT2D eigenvalue weighted by Crippen LogP contribution is 2.23. The predicted octanol–water partition coefficient (Wildman–Crippen LogP) is 2.46. The molecule has 1 fully saturated rings. The van der Waals surface area contributed by atoms with Gasteiger partial charge in [0.25, 0.3) is 0 Å². The number of carbonyl (C=O) groups is 1. The van der Waals surface area contributed by atoms with Crippen molar-refractivity contribution in [1.29, 1.82) is 0 Å². The number of aliphatic hydroxyl groups is 1. The molecule has 1 saturated carbocycles. The average Bonchev–Trinajstić information content (AvgIpc) is 2.50. The molecule has 0 aliphatic heterocycles. The molecule has 0 radical (unpaired) electrons. The molecular formula is C17H26N2O2. The van der Waals surface area contributed by atoms with Gasteiger partial charge >= 0.3 is 0 Å². The summed E-state index contributed by atoms with van der Waals surface area (Å²) in [5, 5.41) is 15.8. The van der Waals surface area contributed by atoms with Crippen molar-refractivity contribution < 1.29 is 9.90 Å². The Hall–Kier alpha value is -1.39. The highest BCUT2D eigenvalue weighted by atomic mass is 16.3. The number of rotatable bonds is 6. The number of aliphatic hydroxyl groups excluding tert-OH is 1. The third kappa shape index (κ3) is 4.83. The maximum absolute atomic E-state index is 12.0. The average molecular weight is 290 g/mol. The van der Waals surface area contributed by atoms with E-state index in [2.05, 4.69) is 10.6 Å². The van der Waals surface area contributed by atoms with E-state index in [4.69, 9.17) is 0 Å². The number of para-hydroxylation sites is 1. The first-order valence-electron chi connectivity index (χ1n) is 7.90. The van der Waals surface area contributed by atoms with Crippen LogP contribution in [0.3, 0.4) is 0 Å². The van der Waals surface area contributed by atoms with Gasteiger partial charge in [0, 0.05) is 31.3 Å². The van der Waals surface area contributed by atoms with E-state index < -0.39 is 0 Å². The van der Waals surface area contributed by atoms with Crippen molar-refractivity contribution in [2.45, 2.75) is 45.1 Å². The van der Waals surface area contributed by atoms with Crippen molar-refractivity contribution in [2.75, 3.05) is 18.5 Å². The van der Waals surface area contributed by atoms with Gasteiger partial charge in [-0.25, -0.2) is 0 Å².